The van der Waals surface area contributed by atoms with Crippen molar-refractivity contribution < 1.29 is 9.53 Å². The van der Waals surface area contributed by atoms with E-state index in [0.717, 1.165) is 9.21 Å². The van der Waals surface area contributed by atoms with E-state index in [0.29, 0.717) is 12.3 Å². The van der Waals surface area contributed by atoms with Crippen LogP contribution in [-0.4, -0.2) is 22.1 Å². The number of rotatable bonds is 4. The lowest BCUT2D eigenvalue weighted by molar-refractivity contribution is 0.0520. The van der Waals surface area contributed by atoms with Crippen LogP contribution >= 0.6 is 22.9 Å². The molecular formula is C12H13ClN2O2S. The smallest absolute Gasteiger partial charge is 0.358 e. The molecule has 0 bridgehead atoms. The highest BCUT2D eigenvalue weighted by Crippen LogP contribution is 2.29. The maximum atomic E-state index is 11.5. The molecule has 0 aliphatic heterocycles. The molecule has 0 saturated carbocycles. The van der Waals surface area contributed by atoms with Gasteiger partial charge in [0, 0.05) is 11.1 Å². The summed E-state index contributed by atoms with van der Waals surface area (Å²) in [4.78, 5) is 16.7. The molecule has 0 radical (unpaired) electrons. The van der Waals surface area contributed by atoms with Crippen LogP contribution < -0.4 is 0 Å². The molecule has 0 amide bonds. The molecule has 18 heavy (non-hydrogen) atoms. The molecule has 2 rings (SSSR count). The predicted octanol–water partition coefficient (Wildman–Crippen LogP) is 3.38. The number of ether oxygens (including phenoxy) is 1. The monoisotopic (exact) mass is 284 g/mol. The van der Waals surface area contributed by atoms with E-state index in [1.807, 2.05) is 23.6 Å². The first kappa shape index (κ1) is 13.1. The highest BCUT2D eigenvalue weighted by Gasteiger charge is 2.15. The summed E-state index contributed by atoms with van der Waals surface area (Å²) in [6.07, 6.45) is 3.32. The minimum atomic E-state index is -0.396. The lowest BCUT2D eigenvalue weighted by Crippen LogP contribution is -2.06. The fraction of sp³-hybridized carbons (Fsp3) is 0.333. The molecule has 1 atom stereocenters. The van der Waals surface area contributed by atoms with E-state index in [1.54, 1.807) is 19.4 Å². The highest BCUT2D eigenvalue weighted by atomic mass is 35.5. The first-order valence-electron chi connectivity index (χ1n) is 5.57. The van der Waals surface area contributed by atoms with Crippen LogP contribution in [0.25, 0.3) is 0 Å². The minimum Gasteiger partial charge on any atom is -0.461 e. The molecular weight excluding hydrogens is 272 g/mol. The van der Waals surface area contributed by atoms with Crippen LogP contribution in [0.1, 0.15) is 35.3 Å². The van der Waals surface area contributed by atoms with Gasteiger partial charge in [-0.05, 0) is 26.0 Å². The number of esters is 1. The van der Waals surface area contributed by atoms with Gasteiger partial charge in [-0.1, -0.05) is 11.6 Å². The Morgan fingerprint density at radius 2 is 2.39 bits per heavy atom. The Bertz CT molecular complexity index is 550. The lowest BCUT2D eigenvalue weighted by atomic mass is 10.3. The molecule has 2 aromatic rings. The maximum absolute atomic E-state index is 11.5. The minimum absolute atomic E-state index is 0.0955. The second-order valence-corrected chi connectivity index (χ2v) is 5.49. The van der Waals surface area contributed by atoms with Crippen molar-refractivity contribution in [3.63, 3.8) is 0 Å². The average molecular weight is 285 g/mol. The summed E-state index contributed by atoms with van der Waals surface area (Å²) in [6.45, 7) is 4.14. The summed E-state index contributed by atoms with van der Waals surface area (Å²) in [5.74, 6) is -0.396. The normalized spacial score (nSPS) is 12.4. The lowest BCUT2D eigenvalue weighted by Gasteiger charge is -2.10. The molecule has 2 aromatic heterocycles. The molecule has 0 saturated heterocycles. The Kier molecular flexibility index (Phi) is 4.04. The first-order chi connectivity index (χ1) is 8.61. The van der Waals surface area contributed by atoms with Crippen molar-refractivity contribution in [3.05, 3.63) is 39.6 Å². The zero-order valence-corrected chi connectivity index (χ0v) is 11.7. The topological polar surface area (TPSA) is 44.1 Å². The van der Waals surface area contributed by atoms with E-state index in [2.05, 4.69) is 4.98 Å². The molecule has 0 spiro atoms. The summed E-state index contributed by atoms with van der Waals surface area (Å²) in [5, 5.41) is 0. The highest BCUT2D eigenvalue weighted by molar-refractivity contribution is 7.16. The number of aromatic nitrogens is 2. The summed E-state index contributed by atoms with van der Waals surface area (Å²) < 4.78 is 7.52. The molecule has 4 nitrogen and oxygen atoms in total. The number of thiophene rings is 1. The number of halogens is 1. The van der Waals surface area contributed by atoms with Gasteiger partial charge in [0.2, 0.25) is 0 Å². The zero-order valence-electron chi connectivity index (χ0n) is 10.1. The average Bonchev–Trinajstić information content (AvgIpc) is 2.97. The van der Waals surface area contributed by atoms with Crippen LogP contribution in [0.15, 0.2) is 24.7 Å². The number of imidazole rings is 1. The SMILES string of the molecule is CCOC(=O)c1cn(C(C)c2ccc(Cl)s2)cn1. The van der Waals surface area contributed by atoms with Gasteiger partial charge in [-0.15, -0.1) is 11.3 Å². The Balaban J connectivity index is 2.17. The summed E-state index contributed by atoms with van der Waals surface area (Å²) in [5.41, 5.74) is 0.325. The van der Waals surface area contributed by atoms with E-state index < -0.39 is 5.97 Å². The van der Waals surface area contributed by atoms with Crippen molar-refractivity contribution in [2.75, 3.05) is 6.61 Å². The van der Waals surface area contributed by atoms with Gasteiger partial charge in [0.1, 0.15) is 0 Å². The van der Waals surface area contributed by atoms with Gasteiger partial charge >= 0.3 is 5.97 Å². The largest absolute Gasteiger partial charge is 0.461 e. The van der Waals surface area contributed by atoms with Gasteiger partial charge in [-0.25, -0.2) is 9.78 Å². The zero-order chi connectivity index (χ0) is 13.1. The van der Waals surface area contributed by atoms with Crippen LogP contribution in [0, 0.1) is 0 Å². The van der Waals surface area contributed by atoms with Gasteiger partial charge in [-0.3, -0.25) is 0 Å². The van der Waals surface area contributed by atoms with E-state index in [1.165, 1.54) is 11.3 Å². The van der Waals surface area contributed by atoms with E-state index in [4.69, 9.17) is 16.3 Å². The molecule has 96 valence electrons. The Labute approximate surface area is 114 Å². The molecule has 1 unspecified atom stereocenters. The number of carbonyl (C=O) groups excluding carboxylic acids is 1. The van der Waals surface area contributed by atoms with Crippen LogP contribution in [0.4, 0.5) is 0 Å². The third kappa shape index (κ3) is 2.73. The van der Waals surface area contributed by atoms with Crippen molar-refractivity contribution >= 4 is 28.9 Å². The quantitative estimate of drug-likeness (QED) is 0.809. The third-order valence-electron chi connectivity index (χ3n) is 2.54. The maximum Gasteiger partial charge on any atom is 0.358 e. The Hall–Kier alpha value is -1.33. The van der Waals surface area contributed by atoms with Gasteiger partial charge in [-0.2, -0.15) is 0 Å². The number of hydrogen-bond donors (Lipinski definition) is 0. The standard InChI is InChI=1S/C12H13ClN2O2S/c1-3-17-12(16)9-6-15(7-14-9)8(2)10-4-5-11(13)18-10/h4-8H,3H2,1-2H3. The van der Waals surface area contributed by atoms with Crippen molar-refractivity contribution in [2.24, 2.45) is 0 Å². The van der Waals surface area contributed by atoms with Gasteiger partial charge < -0.3 is 9.30 Å². The summed E-state index contributed by atoms with van der Waals surface area (Å²) >= 11 is 7.43. The summed E-state index contributed by atoms with van der Waals surface area (Å²) in [6, 6.07) is 3.93. The molecule has 0 aliphatic carbocycles. The molecule has 0 aromatic carbocycles. The Morgan fingerprint density at radius 1 is 1.61 bits per heavy atom. The van der Waals surface area contributed by atoms with Crippen molar-refractivity contribution in [2.45, 2.75) is 19.9 Å². The molecule has 6 heteroatoms. The first-order valence-corrected chi connectivity index (χ1v) is 6.77. The molecule has 0 fully saturated rings. The van der Waals surface area contributed by atoms with Crippen LogP contribution in [0.2, 0.25) is 4.34 Å². The molecule has 0 aliphatic rings. The van der Waals surface area contributed by atoms with Gasteiger partial charge in [0.15, 0.2) is 5.69 Å². The van der Waals surface area contributed by atoms with Crippen molar-refractivity contribution in [3.8, 4) is 0 Å². The second-order valence-electron chi connectivity index (χ2n) is 3.74. The number of hydrogen-bond acceptors (Lipinski definition) is 4. The fourth-order valence-electron chi connectivity index (χ4n) is 1.56. The van der Waals surface area contributed by atoms with Crippen LogP contribution in [0.5, 0.6) is 0 Å². The van der Waals surface area contributed by atoms with E-state index in [-0.39, 0.29) is 6.04 Å². The predicted molar refractivity (Wildman–Crippen MR) is 71.3 cm³/mol. The van der Waals surface area contributed by atoms with E-state index >= 15 is 0 Å². The molecule has 2 heterocycles. The second kappa shape index (κ2) is 5.54. The molecule has 0 N–H and O–H groups in total. The van der Waals surface area contributed by atoms with Gasteiger partial charge in [0.25, 0.3) is 0 Å². The third-order valence-corrected chi connectivity index (χ3v) is 3.94. The fourth-order valence-corrected chi connectivity index (χ4v) is 2.68. The van der Waals surface area contributed by atoms with E-state index in [9.17, 15) is 4.79 Å². The van der Waals surface area contributed by atoms with Crippen molar-refractivity contribution in [1.29, 1.82) is 0 Å². The van der Waals surface area contributed by atoms with Crippen molar-refractivity contribution in [1.82, 2.24) is 9.55 Å². The summed E-state index contributed by atoms with van der Waals surface area (Å²) in [7, 11) is 0. The number of nitrogens with zero attached hydrogens (tertiary/aromatic N) is 2. The van der Waals surface area contributed by atoms with Gasteiger partial charge in [0.05, 0.1) is 23.3 Å². The Morgan fingerprint density at radius 3 is 3.00 bits per heavy atom. The van der Waals surface area contributed by atoms with Crippen LogP contribution in [-0.2, 0) is 4.74 Å². The van der Waals surface area contributed by atoms with Crippen LogP contribution in [0.3, 0.4) is 0 Å². The number of carbonyl (C=O) groups is 1.